The van der Waals surface area contributed by atoms with E-state index in [9.17, 15) is 19.5 Å². The summed E-state index contributed by atoms with van der Waals surface area (Å²) < 4.78 is 21.4. The third-order valence-corrected chi connectivity index (χ3v) is 7.72. The molecule has 1 N–H and O–H groups in total. The summed E-state index contributed by atoms with van der Waals surface area (Å²) >= 11 is 0. The average molecular weight is 633 g/mol. The number of phenols is 1. The number of hydrogen-bond donors (Lipinski definition) is 1. The standard InChI is InChI=1S/C37H60O8/c1-4-6-8-10-12-14-16-18-20-22-35(39)43-29-32(45-37(41)23-21-19-17-15-13-11-9-7-5-2)30-44-36(40)27-25-31-24-26-33(38)34(28-31)42-3/h24-28,32,38H,4-23,29-30H2,1-3H3/b27-25+. The van der Waals surface area contributed by atoms with Gasteiger partial charge in [-0.1, -0.05) is 123 Å². The van der Waals surface area contributed by atoms with E-state index in [-0.39, 0.29) is 43.1 Å². The highest BCUT2D eigenvalue weighted by molar-refractivity contribution is 5.87. The van der Waals surface area contributed by atoms with E-state index in [0.29, 0.717) is 12.0 Å². The summed E-state index contributed by atoms with van der Waals surface area (Å²) in [5, 5.41) is 9.74. The van der Waals surface area contributed by atoms with Gasteiger partial charge in [0.15, 0.2) is 17.6 Å². The molecular formula is C37H60O8. The third kappa shape index (κ3) is 22.2. The summed E-state index contributed by atoms with van der Waals surface area (Å²) in [5.74, 6) is -1.08. The second-order valence-electron chi connectivity index (χ2n) is 11.8. The number of benzene rings is 1. The molecule has 0 aliphatic carbocycles. The Labute approximate surface area is 272 Å². The normalized spacial score (nSPS) is 11.8. The van der Waals surface area contributed by atoms with Crippen LogP contribution < -0.4 is 4.74 Å². The van der Waals surface area contributed by atoms with Crippen LogP contribution in [0.25, 0.3) is 6.08 Å². The lowest BCUT2D eigenvalue weighted by Crippen LogP contribution is -2.30. The number of hydrogen-bond acceptors (Lipinski definition) is 8. The molecule has 256 valence electrons. The van der Waals surface area contributed by atoms with E-state index in [1.54, 1.807) is 12.1 Å². The van der Waals surface area contributed by atoms with E-state index >= 15 is 0 Å². The van der Waals surface area contributed by atoms with Crippen LogP contribution in [0.2, 0.25) is 0 Å². The van der Waals surface area contributed by atoms with Gasteiger partial charge in [0.05, 0.1) is 7.11 Å². The molecule has 0 radical (unpaired) electrons. The number of ether oxygens (including phenoxy) is 4. The Kier molecular flexibility index (Phi) is 24.3. The Balaban J connectivity index is 2.49. The van der Waals surface area contributed by atoms with Gasteiger partial charge in [0.2, 0.25) is 0 Å². The Morgan fingerprint density at radius 3 is 1.71 bits per heavy atom. The minimum atomic E-state index is -0.880. The largest absolute Gasteiger partial charge is 0.504 e. The fourth-order valence-corrected chi connectivity index (χ4v) is 4.96. The number of aromatic hydroxyl groups is 1. The lowest BCUT2D eigenvalue weighted by atomic mass is 10.1. The van der Waals surface area contributed by atoms with Crippen LogP contribution >= 0.6 is 0 Å². The molecule has 8 heteroatoms. The summed E-state index contributed by atoms with van der Waals surface area (Å²) in [7, 11) is 1.44. The number of carbonyl (C=O) groups excluding carboxylic acids is 3. The number of methoxy groups -OCH3 is 1. The molecule has 0 saturated heterocycles. The summed E-state index contributed by atoms with van der Waals surface area (Å²) in [4.78, 5) is 37.3. The van der Waals surface area contributed by atoms with Crippen LogP contribution in [-0.2, 0) is 28.6 Å². The van der Waals surface area contributed by atoms with Crippen molar-refractivity contribution in [2.75, 3.05) is 20.3 Å². The molecule has 0 fully saturated rings. The Morgan fingerprint density at radius 2 is 1.18 bits per heavy atom. The van der Waals surface area contributed by atoms with Crippen LogP contribution in [0.5, 0.6) is 11.5 Å². The molecule has 45 heavy (non-hydrogen) atoms. The van der Waals surface area contributed by atoms with Crippen molar-refractivity contribution in [1.29, 1.82) is 0 Å². The minimum Gasteiger partial charge on any atom is -0.504 e. The maximum absolute atomic E-state index is 12.6. The topological polar surface area (TPSA) is 108 Å². The van der Waals surface area contributed by atoms with Crippen molar-refractivity contribution in [2.45, 2.75) is 148 Å². The average Bonchev–Trinajstić information content (AvgIpc) is 3.04. The molecule has 1 atom stereocenters. The Morgan fingerprint density at radius 1 is 0.689 bits per heavy atom. The SMILES string of the molecule is CCCCCCCCCCCC(=O)OCC(COC(=O)/C=C/c1ccc(O)c(OC)c1)OC(=O)CCCCCCCCCCC. The van der Waals surface area contributed by atoms with Gasteiger partial charge in [-0.15, -0.1) is 0 Å². The summed E-state index contributed by atoms with van der Waals surface area (Å²) in [6.45, 7) is 4.04. The Hall–Kier alpha value is -3.03. The van der Waals surface area contributed by atoms with Crippen molar-refractivity contribution >= 4 is 24.0 Å². The van der Waals surface area contributed by atoms with Crippen molar-refractivity contribution in [3.63, 3.8) is 0 Å². The molecule has 0 aliphatic heterocycles. The van der Waals surface area contributed by atoms with E-state index in [2.05, 4.69) is 13.8 Å². The van der Waals surface area contributed by atoms with Crippen LogP contribution in [-0.4, -0.2) is 49.4 Å². The Bertz CT molecular complexity index is 958. The monoisotopic (exact) mass is 632 g/mol. The van der Waals surface area contributed by atoms with Gasteiger partial charge < -0.3 is 24.1 Å². The van der Waals surface area contributed by atoms with Crippen LogP contribution in [0.15, 0.2) is 24.3 Å². The molecule has 0 spiro atoms. The fourth-order valence-electron chi connectivity index (χ4n) is 4.96. The fraction of sp³-hybridized carbons (Fsp3) is 0.703. The molecule has 0 aromatic heterocycles. The zero-order valence-electron chi connectivity index (χ0n) is 28.3. The number of phenolic OH excluding ortho intramolecular Hbond substituents is 1. The summed E-state index contributed by atoms with van der Waals surface area (Å²) in [6, 6.07) is 4.69. The molecule has 0 bridgehead atoms. The van der Waals surface area contributed by atoms with Crippen molar-refractivity contribution in [1.82, 2.24) is 0 Å². The van der Waals surface area contributed by atoms with Crippen molar-refractivity contribution in [2.24, 2.45) is 0 Å². The highest BCUT2D eigenvalue weighted by Crippen LogP contribution is 2.26. The van der Waals surface area contributed by atoms with Gasteiger partial charge in [0, 0.05) is 18.9 Å². The smallest absolute Gasteiger partial charge is 0.330 e. The highest BCUT2D eigenvalue weighted by atomic mass is 16.6. The van der Waals surface area contributed by atoms with E-state index in [0.717, 1.165) is 38.5 Å². The van der Waals surface area contributed by atoms with Crippen LogP contribution in [0, 0.1) is 0 Å². The second-order valence-corrected chi connectivity index (χ2v) is 11.8. The molecule has 0 heterocycles. The van der Waals surface area contributed by atoms with E-state index < -0.39 is 12.1 Å². The van der Waals surface area contributed by atoms with Gasteiger partial charge in [-0.05, 0) is 36.6 Å². The maximum Gasteiger partial charge on any atom is 0.330 e. The van der Waals surface area contributed by atoms with Crippen LogP contribution in [0.1, 0.15) is 148 Å². The molecule has 0 aliphatic rings. The summed E-state index contributed by atoms with van der Waals surface area (Å²) in [6.07, 6.45) is 23.2. The summed E-state index contributed by atoms with van der Waals surface area (Å²) in [5.41, 5.74) is 0.635. The van der Waals surface area contributed by atoms with Gasteiger partial charge >= 0.3 is 17.9 Å². The zero-order chi connectivity index (χ0) is 33.0. The second kappa shape index (κ2) is 27.3. The maximum atomic E-state index is 12.6. The van der Waals surface area contributed by atoms with E-state index in [4.69, 9.17) is 18.9 Å². The number of carbonyl (C=O) groups is 3. The third-order valence-electron chi connectivity index (χ3n) is 7.72. The van der Waals surface area contributed by atoms with E-state index in [1.807, 2.05) is 0 Å². The number of unbranched alkanes of at least 4 members (excludes halogenated alkanes) is 16. The van der Waals surface area contributed by atoms with Gasteiger partial charge in [-0.2, -0.15) is 0 Å². The lowest BCUT2D eigenvalue weighted by Gasteiger charge is -2.18. The van der Waals surface area contributed by atoms with Gasteiger partial charge in [-0.3, -0.25) is 9.59 Å². The van der Waals surface area contributed by atoms with Crippen molar-refractivity contribution in [3.8, 4) is 11.5 Å². The first-order chi connectivity index (χ1) is 21.9. The van der Waals surface area contributed by atoms with Crippen molar-refractivity contribution < 1.29 is 38.4 Å². The highest BCUT2D eigenvalue weighted by Gasteiger charge is 2.19. The van der Waals surface area contributed by atoms with Crippen molar-refractivity contribution in [3.05, 3.63) is 29.8 Å². The van der Waals surface area contributed by atoms with E-state index in [1.165, 1.54) is 102 Å². The number of rotatable bonds is 28. The molecular weight excluding hydrogens is 572 g/mol. The molecule has 8 nitrogen and oxygen atoms in total. The first-order valence-corrected chi connectivity index (χ1v) is 17.5. The lowest BCUT2D eigenvalue weighted by molar-refractivity contribution is -0.165. The molecule has 0 amide bonds. The molecule has 1 aromatic carbocycles. The van der Waals surface area contributed by atoms with Gasteiger partial charge in [0.25, 0.3) is 0 Å². The van der Waals surface area contributed by atoms with Gasteiger partial charge in [0.1, 0.15) is 13.2 Å². The molecule has 1 aromatic rings. The first kappa shape index (κ1) is 40.0. The first-order valence-electron chi connectivity index (χ1n) is 17.5. The molecule has 0 saturated carbocycles. The quantitative estimate of drug-likeness (QED) is 0.0421. The predicted octanol–water partition coefficient (Wildman–Crippen LogP) is 9.25. The predicted molar refractivity (Wildman–Crippen MR) is 179 cm³/mol. The minimum absolute atomic E-state index is 0.00311. The zero-order valence-corrected chi connectivity index (χ0v) is 28.3. The molecule has 1 rings (SSSR count). The van der Waals surface area contributed by atoms with Crippen LogP contribution in [0.4, 0.5) is 0 Å². The van der Waals surface area contributed by atoms with Crippen LogP contribution in [0.3, 0.4) is 0 Å². The number of esters is 3. The van der Waals surface area contributed by atoms with Gasteiger partial charge in [-0.25, -0.2) is 4.79 Å². The molecule has 1 unspecified atom stereocenters.